The molecule has 5 nitrogen and oxygen atoms in total. The molecule has 0 unspecified atom stereocenters. The van der Waals surface area contributed by atoms with Crippen LogP contribution in [0.4, 0.5) is 5.69 Å². The van der Waals surface area contributed by atoms with Crippen molar-refractivity contribution in [3.05, 3.63) is 54.1 Å². The molecule has 0 atom stereocenters. The Hall–Kier alpha value is -2.69. The van der Waals surface area contributed by atoms with E-state index < -0.39 is 0 Å². The third-order valence-corrected chi connectivity index (χ3v) is 5.83. The zero-order valence-electron chi connectivity index (χ0n) is 19.3. The third-order valence-electron chi connectivity index (χ3n) is 5.83. The maximum absolute atomic E-state index is 12.3. The highest BCUT2D eigenvalue weighted by Crippen LogP contribution is 2.25. The molecule has 5 heteroatoms. The average molecular weight is 425 g/mol. The van der Waals surface area contributed by atoms with Crippen molar-refractivity contribution in [2.75, 3.05) is 31.7 Å². The van der Waals surface area contributed by atoms with Crippen LogP contribution in [0.5, 0.6) is 11.5 Å². The van der Waals surface area contributed by atoms with Gasteiger partial charge in [-0.25, -0.2) is 0 Å². The number of piperidine rings is 1. The zero-order valence-corrected chi connectivity index (χ0v) is 19.3. The number of rotatable bonds is 8. The Labute approximate surface area is 186 Å². The van der Waals surface area contributed by atoms with Gasteiger partial charge < -0.3 is 19.7 Å². The van der Waals surface area contributed by atoms with Crippen molar-refractivity contribution in [2.24, 2.45) is 0 Å². The molecular weight excluding hydrogens is 388 g/mol. The SMILES string of the molecule is COc1ccc(N2CCC(NC(=O)CCCOc3ccc(C(C)(C)C)cc3)CC2)cc1. The van der Waals surface area contributed by atoms with E-state index in [1.165, 1.54) is 11.3 Å². The molecule has 0 bridgehead atoms. The Morgan fingerprint density at radius 1 is 1.00 bits per heavy atom. The molecule has 2 aromatic carbocycles. The smallest absolute Gasteiger partial charge is 0.220 e. The molecule has 1 heterocycles. The van der Waals surface area contributed by atoms with Crippen LogP contribution >= 0.6 is 0 Å². The van der Waals surface area contributed by atoms with Gasteiger partial charge in [-0.15, -0.1) is 0 Å². The highest BCUT2D eigenvalue weighted by Gasteiger charge is 2.21. The van der Waals surface area contributed by atoms with Gasteiger partial charge in [-0.1, -0.05) is 32.9 Å². The number of ether oxygens (including phenoxy) is 2. The summed E-state index contributed by atoms with van der Waals surface area (Å²) in [5.74, 6) is 1.85. The van der Waals surface area contributed by atoms with Crippen molar-refractivity contribution in [3.8, 4) is 11.5 Å². The Kier molecular flexibility index (Phi) is 7.83. The summed E-state index contributed by atoms with van der Waals surface area (Å²) in [7, 11) is 1.68. The third kappa shape index (κ3) is 6.91. The summed E-state index contributed by atoms with van der Waals surface area (Å²) in [5.41, 5.74) is 2.64. The largest absolute Gasteiger partial charge is 0.497 e. The summed E-state index contributed by atoms with van der Waals surface area (Å²) >= 11 is 0. The minimum atomic E-state index is 0.120. The highest BCUT2D eigenvalue weighted by atomic mass is 16.5. The molecule has 3 rings (SSSR count). The monoisotopic (exact) mass is 424 g/mol. The molecule has 0 aromatic heterocycles. The number of anilines is 1. The topological polar surface area (TPSA) is 50.8 Å². The molecule has 1 N–H and O–H groups in total. The second-order valence-electron chi connectivity index (χ2n) is 9.25. The Bertz CT molecular complexity index is 817. The van der Waals surface area contributed by atoms with Crippen LogP contribution in [-0.2, 0) is 10.2 Å². The van der Waals surface area contributed by atoms with Gasteiger partial charge in [0, 0.05) is 31.2 Å². The minimum Gasteiger partial charge on any atom is -0.497 e. The zero-order chi connectivity index (χ0) is 22.3. The van der Waals surface area contributed by atoms with Crippen LogP contribution in [0, 0.1) is 0 Å². The predicted molar refractivity (Wildman–Crippen MR) is 126 cm³/mol. The molecule has 0 saturated carbocycles. The number of nitrogens with zero attached hydrogens (tertiary/aromatic N) is 1. The van der Waals surface area contributed by atoms with E-state index in [1.807, 2.05) is 24.3 Å². The van der Waals surface area contributed by atoms with E-state index in [-0.39, 0.29) is 17.4 Å². The molecule has 1 aliphatic rings. The molecule has 168 valence electrons. The molecule has 1 amide bonds. The quantitative estimate of drug-likeness (QED) is 0.610. The van der Waals surface area contributed by atoms with Crippen LogP contribution in [-0.4, -0.2) is 38.8 Å². The number of benzene rings is 2. The van der Waals surface area contributed by atoms with Crippen LogP contribution in [0.1, 0.15) is 52.0 Å². The molecule has 0 aliphatic carbocycles. The fraction of sp³-hybridized carbons (Fsp3) is 0.500. The van der Waals surface area contributed by atoms with E-state index in [0.29, 0.717) is 13.0 Å². The maximum atomic E-state index is 12.3. The van der Waals surface area contributed by atoms with E-state index >= 15 is 0 Å². The van der Waals surface area contributed by atoms with Gasteiger partial charge >= 0.3 is 0 Å². The summed E-state index contributed by atoms with van der Waals surface area (Å²) in [6.07, 6.45) is 3.15. The lowest BCUT2D eigenvalue weighted by Gasteiger charge is -2.34. The second-order valence-corrected chi connectivity index (χ2v) is 9.25. The predicted octanol–water partition coefficient (Wildman–Crippen LogP) is 4.94. The van der Waals surface area contributed by atoms with E-state index in [1.54, 1.807) is 7.11 Å². The maximum Gasteiger partial charge on any atom is 0.220 e. The number of hydrogen-bond donors (Lipinski definition) is 1. The van der Waals surface area contributed by atoms with Crippen molar-refractivity contribution in [1.29, 1.82) is 0 Å². The summed E-state index contributed by atoms with van der Waals surface area (Å²) in [5, 5.41) is 3.19. The van der Waals surface area contributed by atoms with Crippen LogP contribution in [0.15, 0.2) is 48.5 Å². The van der Waals surface area contributed by atoms with Crippen LogP contribution in [0.3, 0.4) is 0 Å². The van der Waals surface area contributed by atoms with Gasteiger partial charge in [0.25, 0.3) is 0 Å². The Morgan fingerprint density at radius 2 is 1.61 bits per heavy atom. The Morgan fingerprint density at radius 3 is 2.19 bits per heavy atom. The van der Waals surface area contributed by atoms with Crippen molar-refractivity contribution in [2.45, 2.75) is 57.9 Å². The number of hydrogen-bond acceptors (Lipinski definition) is 4. The van der Waals surface area contributed by atoms with Crippen molar-refractivity contribution in [1.82, 2.24) is 5.32 Å². The number of carbonyl (C=O) groups excluding carboxylic acids is 1. The first-order valence-electron chi connectivity index (χ1n) is 11.3. The molecule has 0 radical (unpaired) electrons. The van der Waals surface area contributed by atoms with E-state index in [9.17, 15) is 4.79 Å². The molecule has 31 heavy (non-hydrogen) atoms. The Balaban J connectivity index is 1.32. The number of carbonyl (C=O) groups is 1. The van der Waals surface area contributed by atoms with Crippen LogP contribution < -0.4 is 19.7 Å². The number of nitrogens with one attached hydrogen (secondary N) is 1. The van der Waals surface area contributed by atoms with E-state index in [0.717, 1.165) is 43.9 Å². The van der Waals surface area contributed by atoms with Gasteiger partial charge in [-0.2, -0.15) is 0 Å². The standard InChI is InChI=1S/C26H36N2O3/c1-26(2,3)20-7-11-24(12-8-20)31-19-5-6-25(29)27-21-15-17-28(18-16-21)22-9-13-23(30-4)14-10-22/h7-14,21H,5-6,15-19H2,1-4H3,(H,27,29). The summed E-state index contributed by atoms with van der Waals surface area (Å²) in [6, 6.07) is 16.7. The van der Waals surface area contributed by atoms with Gasteiger partial charge in [-0.05, 0) is 66.6 Å². The van der Waals surface area contributed by atoms with Gasteiger partial charge in [0.1, 0.15) is 11.5 Å². The van der Waals surface area contributed by atoms with Gasteiger partial charge in [0.05, 0.1) is 13.7 Å². The lowest BCUT2D eigenvalue weighted by atomic mass is 9.87. The van der Waals surface area contributed by atoms with Crippen molar-refractivity contribution < 1.29 is 14.3 Å². The number of amides is 1. The lowest BCUT2D eigenvalue weighted by Crippen LogP contribution is -2.44. The summed E-state index contributed by atoms with van der Waals surface area (Å²) in [6.45, 7) is 9.05. The summed E-state index contributed by atoms with van der Waals surface area (Å²) in [4.78, 5) is 14.7. The van der Waals surface area contributed by atoms with E-state index in [4.69, 9.17) is 9.47 Å². The molecule has 1 aliphatic heterocycles. The first kappa shape index (κ1) is 23.0. The van der Waals surface area contributed by atoms with Gasteiger partial charge in [0.2, 0.25) is 5.91 Å². The van der Waals surface area contributed by atoms with Crippen LogP contribution in [0.25, 0.3) is 0 Å². The first-order valence-corrected chi connectivity index (χ1v) is 11.3. The second kappa shape index (κ2) is 10.6. The molecule has 0 spiro atoms. The van der Waals surface area contributed by atoms with Crippen LogP contribution in [0.2, 0.25) is 0 Å². The average Bonchev–Trinajstić information content (AvgIpc) is 2.77. The molecular formula is C26H36N2O3. The van der Waals surface area contributed by atoms with Crippen molar-refractivity contribution in [3.63, 3.8) is 0 Å². The normalized spacial score (nSPS) is 14.9. The molecule has 2 aromatic rings. The number of methoxy groups -OCH3 is 1. The van der Waals surface area contributed by atoms with Gasteiger partial charge in [-0.3, -0.25) is 4.79 Å². The minimum absolute atomic E-state index is 0.120. The molecule has 1 fully saturated rings. The summed E-state index contributed by atoms with van der Waals surface area (Å²) < 4.78 is 11.0. The fourth-order valence-corrected chi connectivity index (χ4v) is 3.85. The van der Waals surface area contributed by atoms with Gasteiger partial charge in [0.15, 0.2) is 0 Å². The van der Waals surface area contributed by atoms with Crippen molar-refractivity contribution >= 4 is 11.6 Å². The first-order chi connectivity index (χ1) is 14.8. The molecule has 1 saturated heterocycles. The fourth-order valence-electron chi connectivity index (χ4n) is 3.85. The van der Waals surface area contributed by atoms with E-state index in [2.05, 4.69) is 55.3 Å². The highest BCUT2D eigenvalue weighted by molar-refractivity contribution is 5.76. The lowest BCUT2D eigenvalue weighted by molar-refractivity contribution is -0.122.